The molecule has 1 heterocycles. The molecule has 0 saturated heterocycles. The Hall–Kier alpha value is -0.0900. The van der Waals surface area contributed by atoms with Gasteiger partial charge < -0.3 is 0 Å². The average molecular weight is 287 g/mol. The molecule has 15 heavy (non-hydrogen) atoms. The number of aromatic nitrogens is 3. The number of alkyl halides is 5. The number of halogens is 5. The molecule has 1 aromatic rings. The second-order valence-electron chi connectivity index (χ2n) is 2.34. The summed E-state index contributed by atoms with van der Waals surface area (Å²) in [5, 5.41) is 0. The monoisotopic (exact) mass is 287 g/mol. The molecule has 0 spiro atoms. The predicted molar refractivity (Wildman–Crippen MR) is 47.9 cm³/mol. The summed E-state index contributed by atoms with van der Waals surface area (Å²) in [5.41, 5.74) is 0. The van der Waals surface area contributed by atoms with Gasteiger partial charge in [-0.3, -0.25) is 4.51 Å². The van der Waals surface area contributed by atoms with Crippen molar-refractivity contribution in [2.45, 2.75) is 18.7 Å². The molecule has 0 radical (unpaired) electrons. The van der Waals surface area contributed by atoms with Crippen LogP contribution in [0.4, 0.5) is 22.0 Å². The van der Waals surface area contributed by atoms with Crippen molar-refractivity contribution in [3.63, 3.8) is 0 Å². The number of hydrogen-bond donors (Lipinski definition) is 1. The van der Waals surface area contributed by atoms with E-state index in [2.05, 4.69) is 13.9 Å². The molecule has 0 aliphatic rings. The molecule has 0 fully saturated rings. The Morgan fingerprint density at radius 2 is 2.00 bits per heavy atom. The summed E-state index contributed by atoms with van der Waals surface area (Å²) in [4.78, 5) is 3.90. The zero-order valence-electron chi connectivity index (χ0n) is 6.85. The van der Waals surface area contributed by atoms with Crippen molar-refractivity contribution in [1.29, 1.82) is 0 Å². The summed E-state index contributed by atoms with van der Waals surface area (Å²) in [5.74, 6) is 0. The van der Waals surface area contributed by atoms with Gasteiger partial charge in [-0.25, -0.2) is 0 Å². The Labute approximate surface area is 85.1 Å². The van der Waals surface area contributed by atoms with Crippen LogP contribution in [0.2, 0.25) is 0 Å². The lowest BCUT2D eigenvalue weighted by Crippen LogP contribution is -2.35. The maximum atomic E-state index is 12.7. The van der Waals surface area contributed by atoms with Crippen molar-refractivity contribution in [3.8, 4) is 0 Å². The van der Waals surface area contributed by atoms with Crippen LogP contribution in [0.1, 0.15) is 6.42 Å². The first kappa shape index (κ1) is 13.0. The summed E-state index contributed by atoms with van der Waals surface area (Å²) < 4.78 is 67.2. The van der Waals surface area contributed by atoms with Crippen molar-refractivity contribution >= 4 is 25.5 Å². The van der Waals surface area contributed by atoms with Gasteiger partial charge >= 0.3 is 12.3 Å². The van der Waals surface area contributed by atoms with E-state index in [4.69, 9.17) is 0 Å². The summed E-state index contributed by atoms with van der Waals surface area (Å²) in [6.45, 7) is 0. The topological polar surface area (TPSA) is 42.8 Å². The third-order valence-corrected chi connectivity index (χ3v) is 3.78. The van der Waals surface area contributed by atoms with E-state index in [9.17, 15) is 22.0 Å². The van der Waals surface area contributed by atoms with Gasteiger partial charge in [0.05, 0.1) is 8.51 Å². The molecule has 4 nitrogen and oxygen atoms in total. The Bertz CT molecular complexity index is 320. The quantitative estimate of drug-likeness (QED) is 0.868. The minimum atomic E-state index is -4.96. The maximum absolute atomic E-state index is 12.7. The fraction of sp³-hybridized carbons (Fsp3) is 1.00. The smallest absolute Gasteiger partial charge is 0.300 e. The van der Waals surface area contributed by atoms with Crippen molar-refractivity contribution in [2.24, 2.45) is 0 Å². The van der Waals surface area contributed by atoms with Crippen LogP contribution in [0.5, 0.6) is 0 Å². The van der Waals surface area contributed by atoms with Gasteiger partial charge in [-0.1, -0.05) is 0 Å². The van der Waals surface area contributed by atoms with Crippen LogP contribution < -0.4 is 4.84 Å². The Morgan fingerprint density at radius 1 is 1.33 bits per heavy atom. The minimum absolute atomic E-state index is 0.327. The highest BCUT2D eigenvalue weighted by atomic mass is 31.1. The zero-order valence-corrected chi connectivity index (χ0v) is 9.74. The predicted octanol–water partition coefficient (Wildman–Crippen LogP) is 2.95. The molecule has 1 aromatic heterocycles. The van der Waals surface area contributed by atoms with Gasteiger partial charge in [0.2, 0.25) is 0 Å². The van der Waals surface area contributed by atoms with Crippen LogP contribution in [-0.4, -0.2) is 25.6 Å². The molecule has 12 heteroatoms. The largest absolute Gasteiger partial charge is 0.397 e. The van der Waals surface area contributed by atoms with Gasteiger partial charge in [-0.2, -0.15) is 35.6 Å². The number of nitrogens with zero attached hydrogens (tertiary/aromatic N) is 2. The van der Waals surface area contributed by atoms with Crippen molar-refractivity contribution in [2.75, 3.05) is 0 Å². The van der Waals surface area contributed by atoms with Crippen molar-refractivity contribution in [1.82, 2.24) is 13.3 Å². The van der Waals surface area contributed by atoms with Gasteiger partial charge in [0.15, 0.2) is 0 Å². The second-order valence-corrected chi connectivity index (χ2v) is 5.92. The van der Waals surface area contributed by atoms with Gasteiger partial charge in [0, 0.05) is 8.51 Å². The van der Waals surface area contributed by atoms with Crippen LogP contribution >= 0.6 is 25.5 Å². The number of rotatable bonds is 3. The highest BCUT2D eigenvalue weighted by molar-refractivity contribution is 7.44. The zero-order chi connectivity index (χ0) is 11.5. The van der Waals surface area contributed by atoms with Crippen LogP contribution in [-0.2, 0) is 0 Å². The summed E-state index contributed by atoms with van der Waals surface area (Å²) in [6.07, 6.45) is -11.5. The molecule has 1 N–H and O–H groups in total. The fourth-order valence-electron chi connectivity index (χ4n) is 0.623. The molecule has 0 aliphatic heterocycles. The number of nitrogens with one attached hydrogen (secondary N) is 1. The molecule has 0 saturated carbocycles. The standard InChI is InChI=1S/C3H5F5N3OP3/c4-2(5,6)1-3(7,8)12-11-14-9-13-10-15-11/h14-15H,1H2,(H,9,10). The molecule has 0 amide bonds. The normalized spacial score (nSPS) is 14.5. The van der Waals surface area contributed by atoms with E-state index >= 15 is 0 Å². The lowest BCUT2D eigenvalue weighted by Gasteiger charge is -2.18. The first-order valence-electron chi connectivity index (χ1n) is 3.38. The molecular formula is C3H5F5N3OP3. The van der Waals surface area contributed by atoms with Gasteiger partial charge in [-0.05, 0) is 0 Å². The summed E-state index contributed by atoms with van der Waals surface area (Å²) >= 11 is 0. The van der Waals surface area contributed by atoms with Gasteiger partial charge in [0.1, 0.15) is 14.9 Å². The van der Waals surface area contributed by atoms with E-state index in [-0.39, 0.29) is 8.51 Å². The van der Waals surface area contributed by atoms with Crippen LogP contribution in [0.25, 0.3) is 0 Å². The second kappa shape index (κ2) is 4.83. The van der Waals surface area contributed by atoms with Crippen LogP contribution in [0.15, 0.2) is 0 Å². The third kappa shape index (κ3) is 5.52. The molecule has 2 atom stereocenters. The van der Waals surface area contributed by atoms with Crippen LogP contribution in [0.3, 0.4) is 0 Å². The Balaban J connectivity index is 2.65. The lowest BCUT2D eigenvalue weighted by atomic mass is 10.4. The molecular weight excluding hydrogens is 282 g/mol. The molecule has 0 aliphatic carbocycles. The highest BCUT2D eigenvalue weighted by Gasteiger charge is 2.45. The van der Waals surface area contributed by atoms with E-state index in [0.717, 1.165) is 0 Å². The van der Waals surface area contributed by atoms with Gasteiger partial charge in [-0.15, -0.1) is 0 Å². The van der Waals surface area contributed by atoms with Gasteiger partial charge in [0.25, 0.3) is 0 Å². The first-order valence-corrected chi connectivity index (χ1v) is 6.07. The molecule has 2 unspecified atom stereocenters. The number of hydrogen-bond acceptors (Lipinski definition) is 2. The van der Waals surface area contributed by atoms with E-state index in [1.807, 2.05) is 0 Å². The highest BCUT2D eigenvalue weighted by Crippen LogP contribution is 2.31. The van der Waals surface area contributed by atoms with E-state index in [1.54, 1.807) is 0 Å². The minimum Gasteiger partial charge on any atom is -0.300 e. The lowest BCUT2D eigenvalue weighted by molar-refractivity contribution is -0.283. The average Bonchev–Trinajstić information content (AvgIpc) is 1.99. The van der Waals surface area contributed by atoms with Crippen LogP contribution in [0, 0.1) is 0 Å². The van der Waals surface area contributed by atoms with E-state index in [0.29, 0.717) is 12.8 Å². The molecule has 0 bridgehead atoms. The first-order chi connectivity index (χ1) is 6.79. The Kier molecular flexibility index (Phi) is 4.18. The number of H-pyrrole nitrogens is 1. The SMILES string of the molecule is FC(F)(F)CC(F)(F)On1[pH]np[nH][pH]1. The maximum Gasteiger partial charge on any atom is 0.397 e. The van der Waals surface area contributed by atoms with Crippen molar-refractivity contribution in [3.05, 3.63) is 0 Å². The Morgan fingerprint density at radius 3 is 2.47 bits per heavy atom. The van der Waals surface area contributed by atoms with E-state index < -0.39 is 27.2 Å². The number of aromatic amines is 1. The molecule has 1 rings (SSSR count). The summed E-state index contributed by atoms with van der Waals surface area (Å²) in [6, 6.07) is 0. The molecule has 88 valence electrons. The molecule has 0 aromatic carbocycles. The van der Waals surface area contributed by atoms with E-state index in [1.165, 1.54) is 0 Å². The third-order valence-electron chi connectivity index (χ3n) is 1.02. The van der Waals surface area contributed by atoms with Crippen molar-refractivity contribution < 1.29 is 26.8 Å². The summed E-state index contributed by atoms with van der Waals surface area (Å²) in [7, 11) is -0.236. The fourth-order valence-corrected chi connectivity index (χ4v) is 3.73.